The fourth-order valence-corrected chi connectivity index (χ4v) is 1.95. The molecule has 2 aromatic rings. The maximum Gasteiger partial charge on any atom is 0.340 e. The molecular weight excluding hydrogens is 216 g/mol. The van der Waals surface area contributed by atoms with Crippen LogP contribution in [0.1, 0.15) is 12.5 Å². The number of hydrogen-bond donors (Lipinski definition) is 1. The van der Waals surface area contributed by atoms with Gasteiger partial charge in [-0.2, -0.15) is 0 Å². The lowest BCUT2D eigenvalue weighted by Gasteiger charge is -2.25. The quantitative estimate of drug-likeness (QED) is 0.881. The van der Waals surface area contributed by atoms with E-state index in [1.54, 1.807) is 13.0 Å². The van der Waals surface area contributed by atoms with Crippen molar-refractivity contribution in [2.24, 2.45) is 0 Å². The van der Waals surface area contributed by atoms with Gasteiger partial charge in [-0.25, -0.2) is 4.79 Å². The van der Waals surface area contributed by atoms with E-state index in [4.69, 9.17) is 4.74 Å². The molecule has 0 spiro atoms. The molecule has 2 aromatic carbocycles. The molecular formula is C14H14O3. The van der Waals surface area contributed by atoms with Crippen molar-refractivity contribution in [2.45, 2.75) is 12.5 Å². The molecule has 0 aliphatic rings. The van der Waals surface area contributed by atoms with Gasteiger partial charge < -0.3 is 9.84 Å². The summed E-state index contributed by atoms with van der Waals surface area (Å²) < 4.78 is 5.19. The number of carbonyl (C=O) groups is 1. The molecule has 1 atom stereocenters. The van der Waals surface area contributed by atoms with Gasteiger partial charge in [0.25, 0.3) is 0 Å². The number of benzene rings is 2. The average Bonchev–Trinajstić information content (AvgIpc) is 2.37. The molecule has 2 rings (SSSR count). The van der Waals surface area contributed by atoms with E-state index in [2.05, 4.69) is 0 Å². The van der Waals surface area contributed by atoms with Gasteiger partial charge in [-0.15, -0.1) is 0 Å². The van der Waals surface area contributed by atoms with Gasteiger partial charge in [-0.05, 0) is 17.7 Å². The van der Waals surface area contributed by atoms with Crippen LogP contribution in [-0.2, 0) is 15.1 Å². The normalized spacial score (nSPS) is 14.5. The highest BCUT2D eigenvalue weighted by molar-refractivity contribution is 5.92. The Morgan fingerprint density at radius 1 is 1.18 bits per heavy atom. The molecule has 0 unspecified atom stereocenters. The van der Waals surface area contributed by atoms with Crippen molar-refractivity contribution in [1.82, 2.24) is 0 Å². The lowest BCUT2D eigenvalue weighted by Crippen LogP contribution is -2.34. The molecule has 3 nitrogen and oxygen atoms in total. The van der Waals surface area contributed by atoms with E-state index in [0.29, 0.717) is 5.56 Å². The highest BCUT2D eigenvalue weighted by Gasteiger charge is 2.36. The summed E-state index contributed by atoms with van der Waals surface area (Å²) in [6.45, 7) is 1.57. The number of fused-ring (bicyclic) bond motifs is 1. The van der Waals surface area contributed by atoms with Crippen LogP contribution in [0.3, 0.4) is 0 Å². The molecule has 0 radical (unpaired) electrons. The van der Waals surface area contributed by atoms with Gasteiger partial charge in [-0.3, -0.25) is 0 Å². The third-order valence-corrected chi connectivity index (χ3v) is 3.12. The lowest BCUT2D eigenvalue weighted by atomic mass is 9.91. The van der Waals surface area contributed by atoms with Crippen molar-refractivity contribution >= 4 is 16.7 Å². The fraction of sp³-hybridized carbons (Fsp3) is 0.214. The van der Waals surface area contributed by atoms with Gasteiger partial charge in [0.15, 0.2) is 5.60 Å². The summed E-state index contributed by atoms with van der Waals surface area (Å²) in [4.78, 5) is 11.4. The number of methoxy groups -OCH3 is 1. The first kappa shape index (κ1) is 11.6. The van der Waals surface area contributed by atoms with Crippen LogP contribution in [-0.4, -0.2) is 18.2 Å². The highest BCUT2D eigenvalue weighted by Crippen LogP contribution is 2.31. The maximum absolute atomic E-state index is 11.4. The second-order valence-electron chi connectivity index (χ2n) is 4.07. The highest BCUT2D eigenvalue weighted by atomic mass is 16.5. The summed E-state index contributed by atoms with van der Waals surface area (Å²) in [7, 11) is 1.41. The van der Waals surface area contributed by atoms with E-state index in [9.17, 15) is 9.90 Å². The second kappa shape index (κ2) is 4.18. The minimum absolute atomic E-state index is 0.672. The SMILES string of the molecule is CO[C@](C)(C(=O)O)c1cccc2ccccc12. The monoisotopic (exact) mass is 230 g/mol. The Morgan fingerprint density at radius 3 is 2.47 bits per heavy atom. The summed E-state index contributed by atoms with van der Waals surface area (Å²) in [6.07, 6.45) is 0. The maximum atomic E-state index is 11.4. The number of aliphatic carboxylic acids is 1. The Hall–Kier alpha value is -1.87. The Morgan fingerprint density at radius 2 is 1.82 bits per heavy atom. The molecule has 17 heavy (non-hydrogen) atoms. The molecule has 0 aliphatic heterocycles. The van der Waals surface area contributed by atoms with Crippen LogP contribution in [0.2, 0.25) is 0 Å². The van der Waals surface area contributed by atoms with Crippen molar-refractivity contribution in [2.75, 3.05) is 7.11 Å². The van der Waals surface area contributed by atoms with Crippen molar-refractivity contribution < 1.29 is 14.6 Å². The van der Waals surface area contributed by atoms with E-state index in [0.717, 1.165) is 10.8 Å². The van der Waals surface area contributed by atoms with Gasteiger partial charge in [-0.1, -0.05) is 42.5 Å². The van der Waals surface area contributed by atoms with Crippen LogP contribution in [0.5, 0.6) is 0 Å². The largest absolute Gasteiger partial charge is 0.479 e. The molecule has 0 saturated heterocycles. The van der Waals surface area contributed by atoms with Crippen molar-refractivity contribution in [3.8, 4) is 0 Å². The zero-order valence-electron chi connectivity index (χ0n) is 9.81. The summed E-state index contributed by atoms with van der Waals surface area (Å²) in [5, 5.41) is 11.2. The number of ether oxygens (including phenoxy) is 1. The van der Waals surface area contributed by atoms with Crippen LogP contribution in [0.4, 0.5) is 0 Å². The number of carboxylic acids is 1. The molecule has 0 bridgehead atoms. The summed E-state index contributed by atoms with van der Waals surface area (Å²) >= 11 is 0. The smallest absolute Gasteiger partial charge is 0.340 e. The van der Waals surface area contributed by atoms with Crippen LogP contribution in [0.15, 0.2) is 42.5 Å². The zero-order valence-corrected chi connectivity index (χ0v) is 9.81. The van der Waals surface area contributed by atoms with Gasteiger partial charge in [0.05, 0.1) is 0 Å². The summed E-state index contributed by atoms with van der Waals surface area (Å²) in [5.41, 5.74) is -0.647. The molecule has 0 fully saturated rings. The van der Waals surface area contributed by atoms with Crippen LogP contribution in [0, 0.1) is 0 Å². The Kier molecular flexibility index (Phi) is 2.86. The topological polar surface area (TPSA) is 46.5 Å². The molecule has 88 valence electrons. The van der Waals surface area contributed by atoms with Crippen molar-refractivity contribution in [3.63, 3.8) is 0 Å². The van der Waals surface area contributed by atoms with Crippen LogP contribution < -0.4 is 0 Å². The minimum atomic E-state index is -1.32. The van der Waals surface area contributed by atoms with E-state index < -0.39 is 11.6 Å². The third-order valence-electron chi connectivity index (χ3n) is 3.12. The van der Waals surface area contributed by atoms with E-state index in [-0.39, 0.29) is 0 Å². The van der Waals surface area contributed by atoms with Gasteiger partial charge >= 0.3 is 5.97 Å². The Balaban J connectivity index is 2.74. The van der Waals surface area contributed by atoms with Crippen LogP contribution in [0.25, 0.3) is 10.8 Å². The predicted molar refractivity (Wildman–Crippen MR) is 65.9 cm³/mol. The number of rotatable bonds is 3. The first-order chi connectivity index (χ1) is 8.09. The molecule has 0 aliphatic carbocycles. The molecule has 0 aromatic heterocycles. The van der Waals surface area contributed by atoms with Crippen molar-refractivity contribution in [1.29, 1.82) is 0 Å². The molecule has 0 saturated carbocycles. The van der Waals surface area contributed by atoms with E-state index in [1.807, 2.05) is 36.4 Å². The van der Waals surface area contributed by atoms with E-state index in [1.165, 1.54) is 7.11 Å². The molecule has 1 N–H and O–H groups in total. The zero-order chi connectivity index (χ0) is 12.5. The minimum Gasteiger partial charge on any atom is -0.479 e. The average molecular weight is 230 g/mol. The predicted octanol–water partition coefficient (Wildman–Crippen LogP) is 2.79. The summed E-state index contributed by atoms with van der Waals surface area (Å²) in [6, 6.07) is 13.3. The number of carboxylic acid groups (broad SMARTS) is 1. The standard InChI is InChI=1S/C14H14O3/c1-14(17-2,13(15)16)12-9-5-7-10-6-3-4-8-11(10)12/h3-9H,1-2H3,(H,15,16)/t14-/m0/s1. The first-order valence-electron chi connectivity index (χ1n) is 5.36. The van der Waals surface area contributed by atoms with E-state index >= 15 is 0 Å². The second-order valence-corrected chi connectivity index (χ2v) is 4.07. The Bertz CT molecular complexity index is 557. The lowest BCUT2D eigenvalue weighted by molar-refractivity contribution is -0.161. The molecule has 0 heterocycles. The first-order valence-corrected chi connectivity index (χ1v) is 5.36. The van der Waals surface area contributed by atoms with Gasteiger partial charge in [0.1, 0.15) is 0 Å². The molecule has 0 amide bonds. The number of hydrogen-bond acceptors (Lipinski definition) is 2. The molecule has 3 heteroatoms. The van der Waals surface area contributed by atoms with Crippen LogP contribution >= 0.6 is 0 Å². The Labute approximate surface area is 99.6 Å². The fourth-order valence-electron chi connectivity index (χ4n) is 1.95. The van der Waals surface area contributed by atoms with Gasteiger partial charge in [0.2, 0.25) is 0 Å². The summed E-state index contributed by atoms with van der Waals surface area (Å²) in [5.74, 6) is -0.989. The van der Waals surface area contributed by atoms with Gasteiger partial charge in [0, 0.05) is 12.7 Å². The van der Waals surface area contributed by atoms with Crippen molar-refractivity contribution in [3.05, 3.63) is 48.0 Å². The third kappa shape index (κ3) is 1.78.